The van der Waals surface area contributed by atoms with E-state index < -0.39 is 0 Å². The van der Waals surface area contributed by atoms with E-state index in [-0.39, 0.29) is 11.8 Å². The summed E-state index contributed by atoms with van der Waals surface area (Å²) in [6.07, 6.45) is 3.80. The molecule has 1 unspecified atom stereocenters. The minimum Gasteiger partial charge on any atom is -0.354 e. The van der Waals surface area contributed by atoms with Gasteiger partial charge in [-0.1, -0.05) is 30.3 Å². The molecule has 1 atom stereocenters. The Bertz CT molecular complexity index is 787. The van der Waals surface area contributed by atoms with Crippen LogP contribution in [0.25, 0.3) is 0 Å². The summed E-state index contributed by atoms with van der Waals surface area (Å²) in [5, 5.41) is 3.08. The number of nitrogens with zero attached hydrogens (tertiary/aromatic N) is 4. The molecule has 2 aliphatic heterocycles. The Kier molecular flexibility index (Phi) is 6.42. The summed E-state index contributed by atoms with van der Waals surface area (Å²) in [4.78, 5) is 24.4. The van der Waals surface area contributed by atoms with Crippen LogP contribution in [0.1, 0.15) is 18.4 Å². The predicted molar refractivity (Wildman–Crippen MR) is 117 cm³/mol. The second-order valence-electron chi connectivity index (χ2n) is 8.24. The molecule has 0 saturated carbocycles. The van der Waals surface area contributed by atoms with Gasteiger partial charge in [0.2, 0.25) is 5.91 Å². The van der Waals surface area contributed by atoms with E-state index in [9.17, 15) is 4.79 Å². The lowest BCUT2D eigenvalue weighted by Gasteiger charge is -2.33. The molecule has 2 aliphatic rings. The Morgan fingerprint density at radius 2 is 1.86 bits per heavy atom. The number of carbonyl (C=O) groups excluding carboxylic acids is 1. The van der Waals surface area contributed by atoms with Gasteiger partial charge < -0.3 is 15.1 Å². The fraction of sp³-hybridized carbons (Fsp3) is 0.478. The van der Waals surface area contributed by atoms with Crippen molar-refractivity contribution >= 4 is 17.4 Å². The highest BCUT2D eigenvalue weighted by Crippen LogP contribution is 2.21. The van der Waals surface area contributed by atoms with Crippen LogP contribution in [-0.4, -0.2) is 67.0 Å². The van der Waals surface area contributed by atoms with E-state index in [1.54, 1.807) is 6.20 Å². The standard InChI is InChI=1S/C23H31N5O/c1-26-12-14-28(15-13-26)22-10-9-21(16-24-22)25-23(29)20-8-5-11-27(18-20)17-19-6-3-2-4-7-19/h2-4,6-7,9-10,16,20H,5,8,11-15,17-18H2,1H3,(H,25,29). The van der Waals surface area contributed by atoms with E-state index in [2.05, 4.69) is 56.3 Å². The molecule has 1 amide bonds. The zero-order valence-corrected chi connectivity index (χ0v) is 17.3. The molecule has 29 heavy (non-hydrogen) atoms. The maximum atomic E-state index is 12.8. The Balaban J connectivity index is 1.30. The van der Waals surface area contributed by atoms with Crippen LogP contribution in [0.2, 0.25) is 0 Å². The first-order valence-electron chi connectivity index (χ1n) is 10.6. The summed E-state index contributed by atoms with van der Waals surface area (Å²) < 4.78 is 0. The zero-order valence-electron chi connectivity index (χ0n) is 17.3. The van der Waals surface area contributed by atoms with Crippen LogP contribution in [0.15, 0.2) is 48.7 Å². The molecule has 1 aromatic heterocycles. The number of aromatic nitrogens is 1. The number of rotatable bonds is 5. The average molecular weight is 394 g/mol. The number of nitrogens with one attached hydrogen (secondary N) is 1. The summed E-state index contributed by atoms with van der Waals surface area (Å²) in [6, 6.07) is 14.5. The fourth-order valence-corrected chi connectivity index (χ4v) is 4.18. The predicted octanol–water partition coefficient (Wildman–Crippen LogP) is 2.68. The third-order valence-corrected chi connectivity index (χ3v) is 5.97. The SMILES string of the molecule is CN1CCN(c2ccc(NC(=O)C3CCCN(Cc4ccccc4)C3)cn2)CC1. The second-order valence-corrected chi connectivity index (χ2v) is 8.24. The van der Waals surface area contributed by atoms with Gasteiger partial charge in [0.25, 0.3) is 0 Å². The van der Waals surface area contributed by atoms with Crippen LogP contribution in [-0.2, 0) is 11.3 Å². The quantitative estimate of drug-likeness (QED) is 0.847. The van der Waals surface area contributed by atoms with Crippen LogP contribution < -0.4 is 10.2 Å². The van der Waals surface area contributed by atoms with E-state index in [1.807, 2.05) is 18.2 Å². The van der Waals surface area contributed by atoms with Crippen LogP contribution in [0.4, 0.5) is 11.5 Å². The Hall–Kier alpha value is -2.44. The molecule has 0 aliphatic carbocycles. The van der Waals surface area contributed by atoms with Crippen molar-refractivity contribution in [3.05, 3.63) is 54.2 Å². The van der Waals surface area contributed by atoms with E-state index in [0.29, 0.717) is 0 Å². The van der Waals surface area contributed by atoms with Crippen LogP contribution in [0, 0.1) is 5.92 Å². The fourth-order valence-electron chi connectivity index (χ4n) is 4.18. The highest BCUT2D eigenvalue weighted by molar-refractivity contribution is 5.92. The Labute approximate surface area is 173 Å². The largest absolute Gasteiger partial charge is 0.354 e. The van der Waals surface area contributed by atoms with E-state index in [4.69, 9.17) is 0 Å². The van der Waals surface area contributed by atoms with Gasteiger partial charge in [0.05, 0.1) is 17.8 Å². The molecule has 2 fully saturated rings. The summed E-state index contributed by atoms with van der Waals surface area (Å²) in [7, 11) is 2.15. The van der Waals surface area contributed by atoms with Gasteiger partial charge in [-0.2, -0.15) is 0 Å². The van der Waals surface area contributed by atoms with Crippen molar-refractivity contribution in [2.24, 2.45) is 5.92 Å². The number of hydrogen-bond donors (Lipinski definition) is 1. The normalized spacial score (nSPS) is 21.1. The number of anilines is 2. The molecule has 2 aromatic rings. The van der Waals surface area contributed by atoms with Gasteiger partial charge in [-0.3, -0.25) is 9.69 Å². The number of likely N-dealkylation sites (N-methyl/N-ethyl adjacent to an activating group) is 1. The van der Waals surface area contributed by atoms with Gasteiger partial charge in [0.15, 0.2) is 0 Å². The maximum Gasteiger partial charge on any atom is 0.228 e. The Morgan fingerprint density at radius 3 is 2.59 bits per heavy atom. The molecular formula is C23H31N5O. The van der Waals surface area contributed by atoms with Gasteiger partial charge in [0, 0.05) is 39.3 Å². The third kappa shape index (κ3) is 5.34. The molecule has 3 heterocycles. The van der Waals surface area contributed by atoms with Gasteiger partial charge in [-0.15, -0.1) is 0 Å². The Morgan fingerprint density at radius 1 is 1.07 bits per heavy atom. The molecule has 154 valence electrons. The lowest BCUT2D eigenvalue weighted by atomic mass is 9.96. The number of likely N-dealkylation sites (tertiary alicyclic amines) is 1. The number of pyridine rings is 1. The second kappa shape index (κ2) is 9.37. The number of carbonyl (C=O) groups is 1. The van der Waals surface area contributed by atoms with Gasteiger partial charge in [-0.25, -0.2) is 4.98 Å². The molecule has 1 aromatic carbocycles. The van der Waals surface area contributed by atoms with Crippen LogP contribution in [0.3, 0.4) is 0 Å². The molecule has 6 nitrogen and oxygen atoms in total. The lowest BCUT2D eigenvalue weighted by Crippen LogP contribution is -2.44. The summed E-state index contributed by atoms with van der Waals surface area (Å²) >= 11 is 0. The number of piperazine rings is 1. The zero-order chi connectivity index (χ0) is 20.1. The molecular weight excluding hydrogens is 362 g/mol. The van der Waals surface area contributed by atoms with Crippen molar-refractivity contribution in [3.8, 4) is 0 Å². The topological polar surface area (TPSA) is 51.7 Å². The average Bonchev–Trinajstić information content (AvgIpc) is 2.76. The highest BCUT2D eigenvalue weighted by Gasteiger charge is 2.26. The van der Waals surface area contributed by atoms with Crippen molar-refractivity contribution in [2.45, 2.75) is 19.4 Å². The van der Waals surface area contributed by atoms with Crippen LogP contribution >= 0.6 is 0 Å². The number of amides is 1. The monoisotopic (exact) mass is 393 g/mol. The molecule has 0 bridgehead atoms. The molecule has 2 saturated heterocycles. The minimum absolute atomic E-state index is 0.0322. The number of hydrogen-bond acceptors (Lipinski definition) is 5. The van der Waals surface area contributed by atoms with Crippen molar-refractivity contribution in [3.63, 3.8) is 0 Å². The van der Waals surface area contributed by atoms with Crippen molar-refractivity contribution < 1.29 is 4.79 Å². The van der Waals surface area contributed by atoms with Crippen molar-refractivity contribution in [1.29, 1.82) is 0 Å². The first-order chi connectivity index (χ1) is 14.2. The molecule has 6 heteroatoms. The third-order valence-electron chi connectivity index (χ3n) is 5.97. The molecule has 4 rings (SSSR count). The van der Waals surface area contributed by atoms with Crippen molar-refractivity contribution in [1.82, 2.24) is 14.8 Å². The molecule has 0 radical (unpaired) electrons. The smallest absolute Gasteiger partial charge is 0.228 e. The maximum absolute atomic E-state index is 12.8. The summed E-state index contributed by atoms with van der Waals surface area (Å²) in [5.41, 5.74) is 2.09. The molecule has 0 spiro atoms. The number of benzene rings is 1. The van der Waals surface area contributed by atoms with E-state index >= 15 is 0 Å². The number of piperidine rings is 1. The van der Waals surface area contributed by atoms with E-state index in [1.165, 1.54) is 5.56 Å². The summed E-state index contributed by atoms with van der Waals surface area (Å²) in [5.74, 6) is 1.13. The first-order valence-corrected chi connectivity index (χ1v) is 10.6. The van der Waals surface area contributed by atoms with Gasteiger partial charge in [-0.05, 0) is 44.1 Å². The van der Waals surface area contributed by atoms with Crippen molar-refractivity contribution in [2.75, 3.05) is 56.5 Å². The summed E-state index contributed by atoms with van der Waals surface area (Å²) in [6.45, 7) is 6.88. The minimum atomic E-state index is 0.0322. The van der Waals surface area contributed by atoms with E-state index in [0.717, 1.165) is 70.2 Å². The van der Waals surface area contributed by atoms with Gasteiger partial charge in [0.1, 0.15) is 5.82 Å². The first kappa shape index (κ1) is 19.9. The van der Waals surface area contributed by atoms with Crippen LogP contribution in [0.5, 0.6) is 0 Å². The van der Waals surface area contributed by atoms with Gasteiger partial charge >= 0.3 is 0 Å². The highest BCUT2D eigenvalue weighted by atomic mass is 16.1. The lowest BCUT2D eigenvalue weighted by molar-refractivity contribution is -0.121. The molecule has 1 N–H and O–H groups in total.